The summed E-state index contributed by atoms with van der Waals surface area (Å²) in [7, 11) is 0. The summed E-state index contributed by atoms with van der Waals surface area (Å²) in [5.41, 5.74) is 5.76. The van der Waals surface area contributed by atoms with E-state index in [1.54, 1.807) is 0 Å². The van der Waals surface area contributed by atoms with E-state index < -0.39 is 35.9 Å². The van der Waals surface area contributed by atoms with Gasteiger partial charge in [0.25, 0.3) is 0 Å². The number of amides is 2. The van der Waals surface area contributed by atoms with Crippen LogP contribution in [0.2, 0.25) is 0 Å². The first-order valence-electron chi connectivity index (χ1n) is 7.20. The van der Waals surface area contributed by atoms with Gasteiger partial charge in [-0.25, -0.2) is 0 Å². The van der Waals surface area contributed by atoms with Crippen LogP contribution in [0.25, 0.3) is 0 Å². The van der Waals surface area contributed by atoms with Crippen molar-refractivity contribution < 1.29 is 19.5 Å². The summed E-state index contributed by atoms with van der Waals surface area (Å²) < 4.78 is 0. The quantitative estimate of drug-likeness (QED) is 0.506. The first kappa shape index (κ1) is 19.4. The minimum Gasteiger partial charge on any atom is -0.480 e. The molecule has 4 atom stereocenters. The van der Waals surface area contributed by atoms with Gasteiger partial charge >= 0.3 is 5.97 Å². The Morgan fingerprint density at radius 1 is 1.05 bits per heavy atom. The standard InChI is InChI=1S/C14H27N3O4/c1-6-8(4)11(13(19)16-9(5)14(20)21)17-12(18)10(15)7(2)3/h7-11H,6,15H2,1-5H3,(H,16,19)(H,17,18)(H,20,21). The number of hydrogen-bond acceptors (Lipinski definition) is 4. The van der Waals surface area contributed by atoms with Crippen molar-refractivity contribution >= 4 is 17.8 Å². The fourth-order valence-electron chi connectivity index (χ4n) is 1.62. The van der Waals surface area contributed by atoms with Crippen LogP contribution in [0.1, 0.15) is 41.0 Å². The predicted octanol–water partition coefficient (Wildman–Crippen LogP) is 0.0899. The maximum absolute atomic E-state index is 12.2. The molecule has 0 heterocycles. The van der Waals surface area contributed by atoms with Crippen LogP contribution in [0.5, 0.6) is 0 Å². The second-order valence-electron chi connectivity index (χ2n) is 5.71. The Morgan fingerprint density at radius 2 is 1.57 bits per heavy atom. The van der Waals surface area contributed by atoms with Crippen LogP contribution in [-0.2, 0) is 14.4 Å². The van der Waals surface area contributed by atoms with Crippen LogP contribution in [0.4, 0.5) is 0 Å². The van der Waals surface area contributed by atoms with Gasteiger partial charge in [0.1, 0.15) is 12.1 Å². The number of nitrogens with two attached hydrogens (primary N) is 1. The Labute approximate surface area is 125 Å². The van der Waals surface area contributed by atoms with E-state index in [1.165, 1.54) is 6.92 Å². The summed E-state index contributed by atoms with van der Waals surface area (Å²) >= 11 is 0. The van der Waals surface area contributed by atoms with E-state index >= 15 is 0 Å². The summed E-state index contributed by atoms with van der Waals surface area (Å²) in [6.07, 6.45) is 0.663. The highest BCUT2D eigenvalue weighted by atomic mass is 16.4. The van der Waals surface area contributed by atoms with Gasteiger partial charge in [0.15, 0.2) is 0 Å². The number of nitrogens with one attached hydrogen (secondary N) is 2. The molecule has 0 aliphatic rings. The summed E-state index contributed by atoms with van der Waals surface area (Å²) in [5.74, 6) is -2.23. The molecule has 0 aromatic heterocycles. The van der Waals surface area contributed by atoms with Gasteiger partial charge in [-0.15, -0.1) is 0 Å². The molecule has 7 heteroatoms. The molecular weight excluding hydrogens is 274 g/mol. The first-order chi connectivity index (χ1) is 9.61. The van der Waals surface area contributed by atoms with Crippen molar-refractivity contribution in [2.75, 3.05) is 0 Å². The SMILES string of the molecule is CCC(C)C(NC(=O)C(N)C(C)C)C(=O)NC(C)C(=O)O. The third kappa shape index (κ3) is 6.12. The van der Waals surface area contributed by atoms with E-state index in [1.807, 2.05) is 27.7 Å². The molecule has 2 amide bonds. The van der Waals surface area contributed by atoms with Crippen LogP contribution < -0.4 is 16.4 Å². The molecule has 4 unspecified atom stereocenters. The van der Waals surface area contributed by atoms with Gasteiger partial charge in [-0.1, -0.05) is 34.1 Å². The largest absolute Gasteiger partial charge is 0.480 e. The second-order valence-corrected chi connectivity index (χ2v) is 5.71. The number of carboxylic acid groups (broad SMARTS) is 1. The van der Waals surface area contributed by atoms with Crippen molar-refractivity contribution in [1.29, 1.82) is 0 Å². The third-order valence-electron chi connectivity index (χ3n) is 3.54. The highest BCUT2D eigenvalue weighted by Gasteiger charge is 2.30. The van der Waals surface area contributed by atoms with Gasteiger partial charge in [0.05, 0.1) is 6.04 Å². The lowest BCUT2D eigenvalue weighted by atomic mass is 9.96. The number of carbonyl (C=O) groups excluding carboxylic acids is 2. The van der Waals surface area contributed by atoms with E-state index in [0.717, 1.165) is 0 Å². The predicted molar refractivity (Wildman–Crippen MR) is 79.4 cm³/mol. The maximum Gasteiger partial charge on any atom is 0.325 e. The van der Waals surface area contributed by atoms with Gasteiger partial charge < -0.3 is 21.5 Å². The smallest absolute Gasteiger partial charge is 0.325 e. The average Bonchev–Trinajstić information content (AvgIpc) is 2.41. The van der Waals surface area contributed by atoms with E-state index in [-0.39, 0.29) is 11.8 Å². The molecule has 7 nitrogen and oxygen atoms in total. The fraction of sp³-hybridized carbons (Fsp3) is 0.786. The number of carboxylic acids is 1. The van der Waals surface area contributed by atoms with Crippen molar-refractivity contribution in [3.8, 4) is 0 Å². The van der Waals surface area contributed by atoms with E-state index in [9.17, 15) is 14.4 Å². The fourth-order valence-corrected chi connectivity index (χ4v) is 1.62. The first-order valence-corrected chi connectivity index (χ1v) is 7.20. The zero-order valence-electron chi connectivity index (χ0n) is 13.3. The van der Waals surface area contributed by atoms with Crippen LogP contribution in [-0.4, -0.2) is 41.0 Å². The molecule has 0 spiro atoms. The molecule has 0 radical (unpaired) electrons. The second kappa shape index (κ2) is 8.61. The molecule has 21 heavy (non-hydrogen) atoms. The number of aliphatic carboxylic acids is 1. The lowest BCUT2D eigenvalue weighted by Gasteiger charge is -2.26. The van der Waals surface area contributed by atoms with Gasteiger partial charge in [-0.3, -0.25) is 14.4 Å². The van der Waals surface area contributed by atoms with E-state index in [2.05, 4.69) is 10.6 Å². The molecule has 0 bridgehead atoms. The molecule has 0 saturated carbocycles. The molecule has 5 N–H and O–H groups in total. The zero-order chi connectivity index (χ0) is 16.7. The molecule has 0 aromatic rings. The minimum atomic E-state index is -1.13. The van der Waals surface area contributed by atoms with Crippen LogP contribution in [0, 0.1) is 11.8 Å². The van der Waals surface area contributed by atoms with E-state index in [0.29, 0.717) is 6.42 Å². The third-order valence-corrected chi connectivity index (χ3v) is 3.54. The van der Waals surface area contributed by atoms with Gasteiger partial charge in [0, 0.05) is 0 Å². The lowest BCUT2D eigenvalue weighted by molar-refractivity contribution is -0.142. The van der Waals surface area contributed by atoms with Crippen LogP contribution in [0.3, 0.4) is 0 Å². The molecule has 0 rings (SSSR count). The Morgan fingerprint density at radius 3 is 1.95 bits per heavy atom. The van der Waals surface area contributed by atoms with Crippen molar-refractivity contribution in [1.82, 2.24) is 10.6 Å². The number of carbonyl (C=O) groups is 3. The Bertz CT molecular complexity index is 384. The Balaban J connectivity index is 4.92. The number of rotatable bonds is 8. The summed E-state index contributed by atoms with van der Waals surface area (Å²) in [6, 6.07) is -2.52. The minimum absolute atomic E-state index is 0.0522. The molecule has 0 aliphatic carbocycles. The topological polar surface area (TPSA) is 122 Å². The van der Waals surface area contributed by atoms with Crippen molar-refractivity contribution in [2.45, 2.75) is 59.2 Å². The molecule has 122 valence electrons. The summed E-state index contributed by atoms with van der Waals surface area (Å²) in [6.45, 7) is 8.71. The average molecular weight is 301 g/mol. The van der Waals surface area contributed by atoms with Crippen LogP contribution in [0.15, 0.2) is 0 Å². The van der Waals surface area contributed by atoms with Crippen molar-refractivity contribution in [2.24, 2.45) is 17.6 Å². The lowest BCUT2D eigenvalue weighted by Crippen LogP contribution is -2.56. The van der Waals surface area contributed by atoms with Crippen LogP contribution >= 0.6 is 0 Å². The van der Waals surface area contributed by atoms with Crippen molar-refractivity contribution in [3.63, 3.8) is 0 Å². The molecule has 0 aliphatic heterocycles. The molecule has 0 aromatic carbocycles. The highest BCUT2D eigenvalue weighted by Crippen LogP contribution is 2.09. The van der Waals surface area contributed by atoms with Gasteiger partial charge in [-0.05, 0) is 18.8 Å². The van der Waals surface area contributed by atoms with Crippen molar-refractivity contribution in [3.05, 3.63) is 0 Å². The van der Waals surface area contributed by atoms with E-state index in [4.69, 9.17) is 10.8 Å². The zero-order valence-corrected chi connectivity index (χ0v) is 13.3. The normalized spacial score (nSPS) is 16.7. The highest BCUT2D eigenvalue weighted by molar-refractivity contribution is 5.91. The maximum atomic E-state index is 12.2. The molecular formula is C14H27N3O4. The summed E-state index contributed by atoms with van der Waals surface area (Å²) in [5, 5.41) is 13.8. The Hall–Kier alpha value is -1.63. The summed E-state index contributed by atoms with van der Waals surface area (Å²) in [4.78, 5) is 35.0. The number of hydrogen-bond donors (Lipinski definition) is 4. The monoisotopic (exact) mass is 301 g/mol. The van der Waals surface area contributed by atoms with Gasteiger partial charge in [-0.2, -0.15) is 0 Å². The van der Waals surface area contributed by atoms with Gasteiger partial charge in [0.2, 0.25) is 11.8 Å². The molecule has 0 saturated heterocycles. The Kier molecular flexibility index (Phi) is 7.94. The molecule has 0 fully saturated rings.